The van der Waals surface area contributed by atoms with Gasteiger partial charge in [0.2, 0.25) is 0 Å². The van der Waals surface area contributed by atoms with Crippen LogP contribution in [-0.2, 0) is 4.74 Å². The first-order valence-electron chi connectivity index (χ1n) is 7.34. The molecule has 1 saturated heterocycles. The van der Waals surface area contributed by atoms with Crippen LogP contribution in [0.2, 0.25) is 0 Å². The minimum atomic E-state index is -0.734. The van der Waals surface area contributed by atoms with Gasteiger partial charge in [0.25, 0.3) is 5.91 Å². The van der Waals surface area contributed by atoms with Gasteiger partial charge in [0.05, 0.1) is 30.5 Å². The zero-order valence-corrected chi connectivity index (χ0v) is 12.9. The lowest BCUT2D eigenvalue weighted by Gasteiger charge is -2.36. The molecule has 122 valence electrons. The van der Waals surface area contributed by atoms with E-state index < -0.39 is 17.5 Å². The van der Waals surface area contributed by atoms with Gasteiger partial charge in [0.15, 0.2) is 0 Å². The predicted molar refractivity (Wildman–Crippen MR) is 79.0 cm³/mol. The number of H-pyrrole nitrogens is 1. The number of carbonyl (C=O) groups is 1. The highest BCUT2D eigenvalue weighted by Crippen LogP contribution is 2.30. The first-order valence-corrected chi connectivity index (χ1v) is 7.34. The zero-order valence-electron chi connectivity index (χ0n) is 12.9. The van der Waals surface area contributed by atoms with Crippen LogP contribution >= 0.6 is 0 Å². The fourth-order valence-electron chi connectivity index (χ4n) is 2.95. The van der Waals surface area contributed by atoms with Gasteiger partial charge >= 0.3 is 0 Å². The number of morpholine rings is 1. The van der Waals surface area contributed by atoms with Crippen LogP contribution in [0.5, 0.6) is 0 Å². The molecule has 1 aromatic carbocycles. The number of aromatic nitrogens is 2. The molecule has 5 nitrogen and oxygen atoms in total. The minimum Gasteiger partial charge on any atom is -0.377 e. The van der Waals surface area contributed by atoms with E-state index in [4.69, 9.17) is 4.74 Å². The molecule has 23 heavy (non-hydrogen) atoms. The van der Waals surface area contributed by atoms with Gasteiger partial charge in [-0.15, -0.1) is 0 Å². The Morgan fingerprint density at radius 1 is 1.39 bits per heavy atom. The Morgan fingerprint density at radius 3 is 2.87 bits per heavy atom. The standard InChI is InChI=1S/C16H17F2N3O2/c1-9-15(10(2)20-19-9)14-8-23-6-5-21(14)16(22)12-7-11(17)3-4-13(12)18/h3-4,7,14H,5-6,8H2,1-2H3,(H,19,20)/t14-/m1/s1. The molecular formula is C16H17F2N3O2. The van der Waals surface area contributed by atoms with E-state index >= 15 is 0 Å². The van der Waals surface area contributed by atoms with Gasteiger partial charge in [-0.3, -0.25) is 9.89 Å². The molecule has 0 spiro atoms. The first-order chi connectivity index (χ1) is 11.0. The smallest absolute Gasteiger partial charge is 0.257 e. The third kappa shape index (κ3) is 2.84. The third-order valence-electron chi connectivity index (χ3n) is 4.07. The molecule has 1 fully saturated rings. The normalized spacial score (nSPS) is 18.3. The van der Waals surface area contributed by atoms with Crippen LogP contribution in [0.25, 0.3) is 0 Å². The number of amides is 1. The highest BCUT2D eigenvalue weighted by atomic mass is 19.1. The van der Waals surface area contributed by atoms with Gasteiger partial charge in [-0.2, -0.15) is 5.10 Å². The van der Waals surface area contributed by atoms with E-state index in [0.717, 1.165) is 35.2 Å². The summed E-state index contributed by atoms with van der Waals surface area (Å²) in [6, 6.07) is 2.51. The number of ether oxygens (including phenoxy) is 1. The van der Waals surface area contributed by atoms with Crippen LogP contribution in [0.4, 0.5) is 8.78 Å². The Hall–Kier alpha value is -2.28. The maximum absolute atomic E-state index is 13.9. The number of carbonyl (C=O) groups excluding carboxylic acids is 1. The maximum Gasteiger partial charge on any atom is 0.257 e. The lowest BCUT2D eigenvalue weighted by molar-refractivity contribution is -0.00327. The minimum absolute atomic E-state index is 0.268. The zero-order chi connectivity index (χ0) is 16.6. The van der Waals surface area contributed by atoms with E-state index in [0.29, 0.717) is 19.8 Å². The van der Waals surface area contributed by atoms with Gasteiger partial charge in [-0.1, -0.05) is 0 Å². The predicted octanol–water partition coefficient (Wildman–Crippen LogP) is 2.52. The van der Waals surface area contributed by atoms with Gasteiger partial charge in [0.1, 0.15) is 11.6 Å². The van der Waals surface area contributed by atoms with Crippen molar-refractivity contribution in [2.24, 2.45) is 0 Å². The summed E-state index contributed by atoms with van der Waals surface area (Å²) in [5, 5.41) is 7.01. The topological polar surface area (TPSA) is 58.2 Å². The molecule has 1 aliphatic rings. The summed E-state index contributed by atoms with van der Waals surface area (Å²) in [6.07, 6.45) is 0. The molecule has 1 N–H and O–H groups in total. The maximum atomic E-state index is 13.9. The lowest BCUT2D eigenvalue weighted by atomic mass is 10.0. The highest BCUT2D eigenvalue weighted by Gasteiger charge is 2.33. The van der Waals surface area contributed by atoms with Crippen molar-refractivity contribution in [2.45, 2.75) is 19.9 Å². The molecule has 1 atom stereocenters. The second-order valence-corrected chi connectivity index (χ2v) is 5.56. The van der Waals surface area contributed by atoms with Crippen LogP contribution in [-0.4, -0.2) is 40.8 Å². The van der Waals surface area contributed by atoms with Crippen molar-refractivity contribution in [2.75, 3.05) is 19.8 Å². The van der Waals surface area contributed by atoms with Crippen molar-refractivity contribution >= 4 is 5.91 Å². The molecule has 7 heteroatoms. The van der Waals surface area contributed by atoms with Crippen molar-refractivity contribution in [1.82, 2.24) is 15.1 Å². The van der Waals surface area contributed by atoms with E-state index in [1.807, 2.05) is 13.8 Å². The van der Waals surface area contributed by atoms with Crippen molar-refractivity contribution < 1.29 is 18.3 Å². The molecule has 2 heterocycles. The molecule has 0 bridgehead atoms. The lowest BCUT2D eigenvalue weighted by Crippen LogP contribution is -2.44. The van der Waals surface area contributed by atoms with E-state index in [2.05, 4.69) is 10.2 Å². The van der Waals surface area contributed by atoms with Crippen molar-refractivity contribution in [3.8, 4) is 0 Å². The second kappa shape index (κ2) is 6.08. The number of aryl methyl sites for hydroxylation is 2. The summed E-state index contributed by atoms with van der Waals surface area (Å²) in [5.74, 6) is -1.92. The van der Waals surface area contributed by atoms with Crippen LogP contribution in [0.15, 0.2) is 18.2 Å². The molecule has 2 aromatic rings. The van der Waals surface area contributed by atoms with E-state index in [9.17, 15) is 13.6 Å². The number of nitrogens with one attached hydrogen (secondary N) is 1. The van der Waals surface area contributed by atoms with Crippen molar-refractivity contribution in [1.29, 1.82) is 0 Å². The van der Waals surface area contributed by atoms with Gasteiger partial charge < -0.3 is 9.64 Å². The molecule has 0 unspecified atom stereocenters. The molecule has 3 rings (SSSR count). The summed E-state index contributed by atoms with van der Waals surface area (Å²) in [5.41, 5.74) is 2.18. The number of rotatable bonds is 2. The Kier molecular flexibility index (Phi) is 4.12. The Labute approximate surface area is 132 Å². The summed E-state index contributed by atoms with van der Waals surface area (Å²) in [7, 11) is 0. The SMILES string of the molecule is Cc1n[nH]c(C)c1[C@H]1COCCN1C(=O)c1cc(F)ccc1F. The van der Waals surface area contributed by atoms with Crippen LogP contribution in [0, 0.1) is 25.5 Å². The fourth-order valence-corrected chi connectivity index (χ4v) is 2.95. The summed E-state index contributed by atoms with van der Waals surface area (Å²) < 4.78 is 32.8. The quantitative estimate of drug-likeness (QED) is 0.925. The van der Waals surface area contributed by atoms with Gasteiger partial charge in [-0.25, -0.2) is 8.78 Å². The molecule has 0 saturated carbocycles. The third-order valence-corrected chi connectivity index (χ3v) is 4.07. The highest BCUT2D eigenvalue weighted by molar-refractivity contribution is 5.95. The van der Waals surface area contributed by atoms with Gasteiger partial charge in [0, 0.05) is 17.8 Å². The number of nitrogens with zero attached hydrogens (tertiary/aromatic N) is 2. The summed E-state index contributed by atoms with van der Waals surface area (Å²) in [6.45, 7) is 4.65. The largest absolute Gasteiger partial charge is 0.377 e. The van der Waals surface area contributed by atoms with Crippen molar-refractivity contribution in [3.05, 3.63) is 52.3 Å². The Bertz CT molecular complexity index is 725. The Morgan fingerprint density at radius 2 is 2.17 bits per heavy atom. The van der Waals surface area contributed by atoms with Crippen LogP contribution < -0.4 is 0 Å². The summed E-state index contributed by atoms with van der Waals surface area (Å²) >= 11 is 0. The molecule has 1 aliphatic heterocycles. The summed E-state index contributed by atoms with van der Waals surface area (Å²) in [4.78, 5) is 14.3. The average Bonchev–Trinajstić information content (AvgIpc) is 2.88. The fraction of sp³-hybridized carbons (Fsp3) is 0.375. The van der Waals surface area contributed by atoms with Crippen LogP contribution in [0.3, 0.4) is 0 Å². The first kappa shape index (κ1) is 15.6. The molecule has 1 amide bonds. The number of halogens is 2. The second-order valence-electron chi connectivity index (χ2n) is 5.56. The van der Waals surface area contributed by atoms with Crippen LogP contribution in [0.1, 0.15) is 33.4 Å². The number of aromatic amines is 1. The molecule has 0 radical (unpaired) electrons. The van der Waals surface area contributed by atoms with Gasteiger partial charge in [-0.05, 0) is 32.0 Å². The Balaban J connectivity index is 1.99. The van der Waals surface area contributed by atoms with E-state index in [-0.39, 0.29) is 11.6 Å². The number of hydrogen-bond acceptors (Lipinski definition) is 3. The van der Waals surface area contributed by atoms with E-state index in [1.54, 1.807) is 0 Å². The molecular weight excluding hydrogens is 304 g/mol. The number of hydrogen-bond donors (Lipinski definition) is 1. The van der Waals surface area contributed by atoms with Crippen molar-refractivity contribution in [3.63, 3.8) is 0 Å². The molecule has 0 aliphatic carbocycles. The monoisotopic (exact) mass is 321 g/mol. The average molecular weight is 321 g/mol. The number of benzene rings is 1. The van der Waals surface area contributed by atoms with E-state index in [1.165, 1.54) is 4.90 Å². The molecule has 1 aromatic heterocycles.